The van der Waals surface area contributed by atoms with E-state index in [-0.39, 0.29) is 5.97 Å². The molecule has 2 N–H and O–H groups in total. The van der Waals surface area contributed by atoms with Gasteiger partial charge in [-0.15, -0.1) is 0 Å². The quantitative estimate of drug-likeness (QED) is 0.489. The summed E-state index contributed by atoms with van der Waals surface area (Å²) in [6.07, 6.45) is 8.06. The molecule has 1 aliphatic carbocycles. The minimum absolute atomic E-state index is 0.308. The zero-order chi connectivity index (χ0) is 14.3. The van der Waals surface area contributed by atoms with Crippen LogP contribution in [0.5, 0.6) is 0 Å². The highest BCUT2D eigenvalue weighted by atomic mass is 16.5. The number of nitrogens with zero attached hydrogens (tertiary/aromatic N) is 1. The summed E-state index contributed by atoms with van der Waals surface area (Å²) in [5, 5.41) is 0. The monoisotopic (exact) mass is 270 g/mol. The number of ether oxygens (including phenoxy) is 1. The largest absolute Gasteiger partial charge is 0.468 e. The highest BCUT2D eigenvalue weighted by Crippen LogP contribution is 2.27. The molecular formula is C15H30N2O2. The highest BCUT2D eigenvalue weighted by molar-refractivity contribution is 5.79. The molecule has 0 saturated heterocycles. The van der Waals surface area contributed by atoms with Crippen molar-refractivity contribution in [3.8, 4) is 0 Å². The van der Waals surface area contributed by atoms with Gasteiger partial charge in [-0.2, -0.15) is 0 Å². The number of hydrogen-bond donors (Lipinski definition) is 1. The number of carbonyl (C=O) groups excluding carboxylic acids is 1. The molecule has 1 rings (SSSR count). The number of unbranched alkanes of at least 4 members (excludes halogenated alkanes) is 2. The lowest BCUT2D eigenvalue weighted by atomic mass is 9.96. The summed E-state index contributed by atoms with van der Waals surface area (Å²) in [5.41, 5.74) is 5.12. The molecule has 4 nitrogen and oxygen atoms in total. The number of esters is 1. The summed E-state index contributed by atoms with van der Waals surface area (Å²) < 4.78 is 4.72. The van der Waals surface area contributed by atoms with Crippen molar-refractivity contribution in [3.05, 3.63) is 0 Å². The highest BCUT2D eigenvalue weighted by Gasteiger charge is 2.30. The molecule has 0 heterocycles. The van der Waals surface area contributed by atoms with Crippen molar-refractivity contribution < 1.29 is 9.53 Å². The molecule has 0 aromatic heterocycles. The van der Waals surface area contributed by atoms with Crippen molar-refractivity contribution in [1.82, 2.24) is 4.90 Å². The first-order chi connectivity index (χ1) is 9.01. The first kappa shape index (κ1) is 16.4. The number of methoxy groups -OCH3 is 1. The van der Waals surface area contributed by atoms with Crippen LogP contribution in [0, 0.1) is 0 Å². The summed E-state index contributed by atoms with van der Waals surface area (Å²) in [7, 11) is 1.40. The van der Waals surface area contributed by atoms with Crippen LogP contribution in [0.2, 0.25) is 0 Å². The standard InChI is InChI=1S/C15H30N2O2/c1-4-5-11-17(13-8-9-13)12-7-6-10-15(2,16)14(18)19-3/h13H,4-12,16H2,1-3H3. The third kappa shape index (κ3) is 5.91. The van der Waals surface area contributed by atoms with Gasteiger partial charge in [-0.05, 0) is 58.5 Å². The molecule has 19 heavy (non-hydrogen) atoms. The maximum atomic E-state index is 11.5. The lowest BCUT2D eigenvalue weighted by molar-refractivity contribution is -0.146. The van der Waals surface area contributed by atoms with E-state index >= 15 is 0 Å². The minimum Gasteiger partial charge on any atom is -0.468 e. The van der Waals surface area contributed by atoms with Crippen molar-refractivity contribution in [1.29, 1.82) is 0 Å². The summed E-state index contributed by atoms with van der Waals surface area (Å²) in [5.74, 6) is -0.308. The Hall–Kier alpha value is -0.610. The Balaban J connectivity index is 2.19. The van der Waals surface area contributed by atoms with E-state index in [0.29, 0.717) is 6.42 Å². The van der Waals surface area contributed by atoms with Gasteiger partial charge in [-0.25, -0.2) is 0 Å². The summed E-state index contributed by atoms with van der Waals surface area (Å²) in [6, 6.07) is 0.830. The predicted molar refractivity (Wildman–Crippen MR) is 78.0 cm³/mol. The summed E-state index contributed by atoms with van der Waals surface area (Å²) >= 11 is 0. The maximum Gasteiger partial charge on any atom is 0.325 e. The Kier molecular flexibility index (Phi) is 6.80. The molecule has 1 atom stereocenters. The molecular weight excluding hydrogens is 240 g/mol. The Morgan fingerprint density at radius 1 is 1.32 bits per heavy atom. The molecule has 0 radical (unpaired) electrons. The van der Waals surface area contributed by atoms with Gasteiger partial charge in [0, 0.05) is 6.04 Å². The predicted octanol–water partition coefficient (Wildman–Crippen LogP) is 2.31. The topological polar surface area (TPSA) is 55.6 Å². The lowest BCUT2D eigenvalue weighted by Crippen LogP contribution is -2.45. The van der Waals surface area contributed by atoms with Crippen molar-refractivity contribution >= 4 is 5.97 Å². The van der Waals surface area contributed by atoms with Gasteiger partial charge < -0.3 is 15.4 Å². The number of nitrogens with two attached hydrogens (primary N) is 1. The molecule has 0 spiro atoms. The minimum atomic E-state index is -0.831. The Bertz CT molecular complexity index is 275. The molecule has 0 aromatic carbocycles. The van der Waals surface area contributed by atoms with E-state index in [2.05, 4.69) is 11.8 Å². The van der Waals surface area contributed by atoms with Crippen molar-refractivity contribution in [2.45, 2.75) is 70.4 Å². The lowest BCUT2D eigenvalue weighted by Gasteiger charge is -2.24. The van der Waals surface area contributed by atoms with Crippen LogP contribution < -0.4 is 5.73 Å². The van der Waals surface area contributed by atoms with Crippen molar-refractivity contribution in [2.24, 2.45) is 5.73 Å². The number of rotatable bonds is 10. The van der Waals surface area contributed by atoms with Crippen LogP contribution >= 0.6 is 0 Å². The van der Waals surface area contributed by atoms with Crippen molar-refractivity contribution in [2.75, 3.05) is 20.2 Å². The molecule has 1 aliphatic rings. The van der Waals surface area contributed by atoms with Crippen LogP contribution in [-0.2, 0) is 9.53 Å². The van der Waals surface area contributed by atoms with Gasteiger partial charge >= 0.3 is 5.97 Å². The molecule has 0 amide bonds. The number of hydrogen-bond acceptors (Lipinski definition) is 4. The average molecular weight is 270 g/mol. The first-order valence-corrected chi connectivity index (χ1v) is 7.62. The number of carbonyl (C=O) groups is 1. The average Bonchev–Trinajstić information content (AvgIpc) is 3.21. The van der Waals surface area contributed by atoms with Gasteiger partial charge in [0.2, 0.25) is 0 Å². The van der Waals surface area contributed by atoms with E-state index in [1.54, 1.807) is 6.92 Å². The molecule has 4 heteroatoms. The molecule has 1 fully saturated rings. The van der Waals surface area contributed by atoms with Gasteiger partial charge in [0.05, 0.1) is 7.11 Å². The fourth-order valence-electron chi connectivity index (χ4n) is 2.42. The summed E-state index contributed by atoms with van der Waals surface area (Å²) in [4.78, 5) is 14.1. The maximum absolute atomic E-state index is 11.5. The second-order valence-electron chi connectivity index (χ2n) is 5.99. The van der Waals surface area contributed by atoms with Gasteiger partial charge in [-0.1, -0.05) is 13.3 Å². The Morgan fingerprint density at radius 3 is 2.47 bits per heavy atom. The van der Waals surface area contributed by atoms with Gasteiger partial charge in [0.15, 0.2) is 0 Å². The fraction of sp³-hybridized carbons (Fsp3) is 0.933. The van der Waals surface area contributed by atoms with Crippen LogP contribution in [0.4, 0.5) is 0 Å². The third-order valence-electron chi connectivity index (χ3n) is 3.91. The van der Waals surface area contributed by atoms with E-state index in [4.69, 9.17) is 10.5 Å². The summed E-state index contributed by atoms with van der Waals surface area (Å²) in [6.45, 7) is 6.36. The SMILES string of the molecule is CCCCN(CCCCC(C)(N)C(=O)OC)C1CC1. The van der Waals surface area contributed by atoms with E-state index in [9.17, 15) is 4.79 Å². The molecule has 1 unspecified atom stereocenters. The van der Waals surface area contributed by atoms with E-state index in [0.717, 1.165) is 25.4 Å². The van der Waals surface area contributed by atoms with Crippen LogP contribution in [0.3, 0.4) is 0 Å². The fourth-order valence-corrected chi connectivity index (χ4v) is 2.42. The van der Waals surface area contributed by atoms with Gasteiger partial charge in [-0.3, -0.25) is 4.79 Å². The third-order valence-corrected chi connectivity index (χ3v) is 3.91. The van der Waals surface area contributed by atoms with Gasteiger partial charge in [0.25, 0.3) is 0 Å². The molecule has 0 bridgehead atoms. The Labute approximate surface area is 117 Å². The Morgan fingerprint density at radius 2 is 1.95 bits per heavy atom. The normalized spacial score (nSPS) is 18.4. The smallest absolute Gasteiger partial charge is 0.325 e. The van der Waals surface area contributed by atoms with Crippen LogP contribution in [0.1, 0.15) is 58.8 Å². The zero-order valence-electron chi connectivity index (χ0n) is 12.8. The molecule has 112 valence electrons. The molecule has 0 aromatic rings. The van der Waals surface area contributed by atoms with E-state index in [1.165, 1.54) is 39.3 Å². The zero-order valence-corrected chi connectivity index (χ0v) is 12.8. The molecule has 0 aliphatic heterocycles. The van der Waals surface area contributed by atoms with E-state index in [1.807, 2.05) is 0 Å². The second kappa shape index (κ2) is 7.85. The van der Waals surface area contributed by atoms with Gasteiger partial charge in [0.1, 0.15) is 5.54 Å². The van der Waals surface area contributed by atoms with E-state index < -0.39 is 5.54 Å². The van der Waals surface area contributed by atoms with Crippen LogP contribution in [0.15, 0.2) is 0 Å². The molecule has 1 saturated carbocycles. The van der Waals surface area contributed by atoms with Crippen LogP contribution in [-0.4, -0.2) is 42.6 Å². The van der Waals surface area contributed by atoms with Crippen LogP contribution in [0.25, 0.3) is 0 Å². The second-order valence-corrected chi connectivity index (χ2v) is 5.99. The van der Waals surface area contributed by atoms with Crippen molar-refractivity contribution in [3.63, 3.8) is 0 Å². The first-order valence-electron chi connectivity index (χ1n) is 7.62.